The monoisotopic (exact) mass is 284 g/mol. The Hall–Kier alpha value is -1.82. The van der Waals surface area contributed by atoms with Crippen LogP contribution in [0.25, 0.3) is 0 Å². The quantitative estimate of drug-likeness (QED) is 0.730. The van der Waals surface area contributed by atoms with Crippen molar-refractivity contribution in [2.24, 2.45) is 5.73 Å². The van der Waals surface area contributed by atoms with E-state index in [2.05, 4.69) is 15.6 Å². The number of nitrogens with two attached hydrogens (primary N) is 1. The molecule has 2 amide bonds. The van der Waals surface area contributed by atoms with Crippen LogP contribution in [0.15, 0.2) is 12.3 Å². The molecule has 0 spiro atoms. The summed E-state index contributed by atoms with van der Waals surface area (Å²) < 4.78 is 0. The number of carbonyl (C=O) groups is 2. The molecule has 104 valence electrons. The van der Waals surface area contributed by atoms with Crippen LogP contribution in [0.5, 0.6) is 0 Å². The number of nitrogens with zero attached hydrogens (tertiary/aromatic N) is 1. The van der Waals surface area contributed by atoms with Gasteiger partial charge in [-0.1, -0.05) is 11.6 Å². The van der Waals surface area contributed by atoms with Crippen LogP contribution in [-0.2, 0) is 4.79 Å². The minimum atomic E-state index is -0.470. The Kier molecular flexibility index (Phi) is 5.57. The van der Waals surface area contributed by atoms with Crippen molar-refractivity contribution in [3.63, 3.8) is 0 Å². The molecule has 1 rings (SSSR count). The number of primary amides is 1. The van der Waals surface area contributed by atoms with Gasteiger partial charge in [-0.15, -0.1) is 0 Å². The highest BCUT2D eigenvalue weighted by Crippen LogP contribution is 2.18. The van der Waals surface area contributed by atoms with Crippen molar-refractivity contribution in [1.82, 2.24) is 10.3 Å². The summed E-state index contributed by atoms with van der Waals surface area (Å²) in [6, 6.07) is 1.22. The molecular weight excluding hydrogens is 268 g/mol. The molecule has 0 bridgehead atoms. The van der Waals surface area contributed by atoms with Crippen molar-refractivity contribution in [1.29, 1.82) is 0 Å². The first-order valence-corrected chi connectivity index (χ1v) is 6.30. The molecule has 19 heavy (non-hydrogen) atoms. The normalized spacial score (nSPS) is 11.7. The lowest BCUT2D eigenvalue weighted by Gasteiger charge is -2.13. The van der Waals surface area contributed by atoms with Gasteiger partial charge < -0.3 is 16.4 Å². The van der Waals surface area contributed by atoms with Crippen LogP contribution in [0.3, 0.4) is 0 Å². The van der Waals surface area contributed by atoms with E-state index in [-0.39, 0.29) is 23.4 Å². The molecule has 1 heterocycles. The number of amides is 2. The highest BCUT2D eigenvalue weighted by molar-refractivity contribution is 6.33. The van der Waals surface area contributed by atoms with Gasteiger partial charge in [0.25, 0.3) is 5.91 Å². The van der Waals surface area contributed by atoms with E-state index in [0.29, 0.717) is 17.9 Å². The van der Waals surface area contributed by atoms with Crippen molar-refractivity contribution in [2.75, 3.05) is 11.9 Å². The SMILES string of the molecule is CCNc1cc(C(=O)NC(C)CC(N)=O)c(Cl)cn1. The number of aromatic nitrogens is 1. The van der Waals surface area contributed by atoms with Crippen molar-refractivity contribution in [3.8, 4) is 0 Å². The number of hydrogen-bond donors (Lipinski definition) is 3. The highest BCUT2D eigenvalue weighted by atomic mass is 35.5. The summed E-state index contributed by atoms with van der Waals surface area (Å²) in [6.07, 6.45) is 1.49. The first-order chi connectivity index (χ1) is 8.93. The van der Waals surface area contributed by atoms with Crippen LogP contribution in [0.1, 0.15) is 30.6 Å². The van der Waals surface area contributed by atoms with E-state index in [4.69, 9.17) is 17.3 Å². The van der Waals surface area contributed by atoms with Gasteiger partial charge in [0.2, 0.25) is 5.91 Å². The zero-order chi connectivity index (χ0) is 14.4. The van der Waals surface area contributed by atoms with Gasteiger partial charge in [-0.3, -0.25) is 9.59 Å². The molecule has 1 unspecified atom stereocenters. The summed E-state index contributed by atoms with van der Waals surface area (Å²) >= 11 is 5.94. The lowest BCUT2D eigenvalue weighted by atomic mass is 10.2. The fraction of sp³-hybridized carbons (Fsp3) is 0.417. The van der Waals surface area contributed by atoms with Gasteiger partial charge in [0.15, 0.2) is 0 Å². The maximum Gasteiger partial charge on any atom is 0.253 e. The third-order valence-electron chi connectivity index (χ3n) is 2.34. The molecule has 0 aliphatic carbocycles. The minimum absolute atomic E-state index is 0.0779. The van der Waals surface area contributed by atoms with Gasteiger partial charge in [0.1, 0.15) is 5.82 Å². The largest absolute Gasteiger partial charge is 0.370 e. The van der Waals surface area contributed by atoms with Crippen LogP contribution < -0.4 is 16.4 Å². The number of halogens is 1. The molecular formula is C12H17ClN4O2. The number of hydrogen-bond acceptors (Lipinski definition) is 4. The predicted molar refractivity (Wildman–Crippen MR) is 74.2 cm³/mol. The molecule has 6 nitrogen and oxygen atoms in total. The maximum atomic E-state index is 12.0. The molecule has 0 aliphatic heterocycles. The standard InChI is InChI=1S/C12H17ClN4O2/c1-3-15-11-5-8(9(13)6-16-11)12(19)17-7(2)4-10(14)18/h5-7H,3-4H2,1-2H3,(H2,14,18)(H,15,16)(H,17,19). The van der Waals surface area contributed by atoms with Gasteiger partial charge in [0.05, 0.1) is 10.6 Å². The zero-order valence-corrected chi connectivity index (χ0v) is 11.6. The number of anilines is 1. The van der Waals surface area contributed by atoms with E-state index >= 15 is 0 Å². The van der Waals surface area contributed by atoms with Gasteiger partial charge >= 0.3 is 0 Å². The molecule has 0 aromatic carbocycles. The van der Waals surface area contributed by atoms with E-state index < -0.39 is 5.91 Å². The average molecular weight is 285 g/mol. The number of rotatable bonds is 6. The van der Waals surface area contributed by atoms with Crippen molar-refractivity contribution in [3.05, 3.63) is 22.8 Å². The van der Waals surface area contributed by atoms with Gasteiger partial charge in [-0.2, -0.15) is 0 Å². The second-order valence-corrected chi connectivity index (χ2v) is 4.53. The van der Waals surface area contributed by atoms with E-state index in [0.717, 1.165) is 0 Å². The number of pyridine rings is 1. The zero-order valence-electron chi connectivity index (χ0n) is 10.9. The van der Waals surface area contributed by atoms with Crippen molar-refractivity contribution in [2.45, 2.75) is 26.3 Å². The third-order valence-corrected chi connectivity index (χ3v) is 2.64. The molecule has 1 aromatic rings. The average Bonchev–Trinajstić information content (AvgIpc) is 2.30. The van der Waals surface area contributed by atoms with Crippen LogP contribution in [-0.4, -0.2) is 29.4 Å². The summed E-state index contributed by atoms with van der Waals surface area (Å²) in [4.78, 5) is 26.8. The topological polar surface area (TPSA) is 97.1 Å². The summed E-state index contributed by atoms with van der Waals surface area (Å²) in [7, 11) is 0. The van der Waals surface area contributed by atoms with Crippen LogP contribution in [0.2, 0.25) is 5.02 Å². The molecule has 0 fully saturated rings. The Morgan fingerprint density at radius 1 is 1.53 bits per heavy atom. The minimum Gasteiger partial charge on any atom is -0.370 e. The van der Waals surface area contributed by atoms with E-state index in [1.54, 1.807) is 13.0 Å². The van der Waals surface area contributed by atoms with Gasteiger partial charge in [0, 0.05) is 25.2 Å². The molecule has 0 saturated carbocycles. The summed E-state index contributed by atoms with van der Waals surface area (Å²) in [5.41, 5.74) is 5.37. The lowest BCUT2D eigenvalue weighted by Crippen LogP contribution is -2.35. The second-order valence-electron chi connectivity index (χ2n) is 4.12. The molecule has 7 heteroatoms. The van der Waals surface area contributed by atoms with Crippen LogP contribution in [0, 0.1) is 0 Å². The van der Waals surface area contributed by atoms with Gasteiger partial charge in [-0.25, -0.2) is 4.98 Å². The van der Waals surface area contributed by atoms with Crippen molar-refractivity contribution >= 4 is 29.2 Å². The third kappa shape index (κ3) is 4.75. The Morgan fingerprint density at radius 2 is 2.21 bits per heavy atom. The van der Waals surface area contributed by atoms with Gasteiger partial charge in [-0.05, 0) is 19.9 Å². The Bertz CT molecular complexity index is 479. The Balaban J connectivity index is 2.80. The van der Waals surface area contributed by atoms with Crippen LogP contribution in [0.4, 0.5) is 5.82 Å². The summed E-state index contributed by atoms with van der Waals surface area (Å²) in [6.45, 7) is 4.31. The van der Waals surface area contributed by atoms with Crippen molar-refractivity contribution < 1.29 is 9.59 Å². The number of carbonyl (C=O) groups excluding carboxylic acids is 2. The molecule has 0 radical (unpaired) electrons. The fourth-order valence-corrected chi connectivity index (χ4v) is 1.73. The Labute approximate surface area is 116 Å². The van der Waals surface area contributed by atoms with E-state index in [1.807, 2.05) is 6.92 Å². The fourth-order valence-electron chi connectivity index (χ4n) is 1.54. The summed E-state index contributed by atoms with van der Waals surface area (Å²) in [5, 5.41) is 5.90. The molecule has 4 N–H and O–H groups in total. The molecule has 1 aromatic heterocycles. The Morgan fingerprint density at radius 3 is 2.79 bits per heavy atom. The smallest absolute Gasteiger partial charge is 0.253 e. The summed E-state index contributed by atoms with van der Waals surface area (Å²) in [5.74, 6) is -0.262. The highest BCUT2D eigenvalue weighted by Gasteiger charge is 2.15. The van der Waals surface area contributed by atoms with E-state index in [9.17, 15) is 9.59 Å². The maximum absolute atomic E-state index is 12.0. The van der Waals surface area contributed by atoms with E-state index in [1.165, 1.54) is 6.20 Å². The predicted octanol–water partition coefficient (Wildman–Crippen LogP) is 1.16. The molecule has 1 atom stereocenters. The molecule has 0 saturated heterocycles. The molecule has 0 aliphatic rings. The first-order valence-electron chi connectivity index (χ1n) is 5.92. The lowest BCUT2D eigenvalue weighted by molar-refractivity contribution is -0.118. The number of nitrogens with one attached hydrogen (secondary N) is 2. The second kappa shape index (κ2) is 6.94. The first kappa shape index (κ1) is 15.2. The van der Waals surface area contributed by atoms with Crippen LogP contribution >= 0.6 is 11.6 Å².